The largest absolute Gasteiger partial charge is 0.497 e. The van der Waals surface area contributed by atoms with Crippen LogP contribution in [0.15, 0.2) is 54.6 Å². The number of ketones is 1. The number of rotatable bonds is 8. The van der Waals surface area contributed by atoms with Crippen LogP contribution in [-0.4, -0.2) is 50.0 Å². The summed E-state index contributed by atoms with van der Waals surface area (Å²) in [7, 11) is 1.69. The van der Waals surface area contributed by atoms with Crippen molar-refractivity contribution in [2.24, 2.45) is 0 Å². The van der Waals surface area contributed by atoms with E-state index < -0.39 is 0 Å². The van der Waals surface area contributed by atoms with Gasteiger partial charge in [0.05, 0.1) is 7.11 Å². The van der Waals surface area contributed by atoms with Crippen LogP contribution >= 0.6 is 12.4 Å². The van der Waals surface area contributed by atoms with Crippen molar-refractivity contribution in [3.8, 4) is 5.75 Å². The molecule has 1 saturated heterocycles. The molecule has 0 aliphatic carbocycles. The SMILES string of the molecule is COc1ccc(CC2CNCCN2CCCC(=O)c2ccccc2)cc1.Cl. The average Bonchev–Trinajstić information content (AvgIpc) is 2.70. The Morgan fingerprint density at radius 2 is 1.89 bits per heavy atom. The maximum atomic E-state index is 12.3. The molecule has 1 heterocycles. The minimum Gasteiger partial charge on any atom is -0.497 e. The van der Waals surface area contributed by atoms with Gasteiger partial charge in [0.25, 0.3) is 0 Å². The van der Waals surface area contributed by atoms with Crippen LogP contribution in [0, 0.1) is 0 Å². The van der Waals surface area contributed by atoms with Crippen LogP contribution in [0.1, 0.15) is 28.8 Å². The Morgan fingerprint density at radius 3 is 2.59 bits per heavy atom. The highest BCUT2D eigenvalue weighted by Gasteiger charge is 2.22. The highest BCUT2D eigenvalue weighted by atomic mass is 35.5. The van der Waals surface area contributed by atoms with Gasteiger partial charge < -0.3 is 10.1 Å². The van der Waals surface area contributed by atoms with Crippen molar-refractivity contribution < 1.29 is 9.53 Å². The Labute approximate surface area is 168 Å². The third kappa shape index (κ3) is 6.35. The summed E-state index contributed by atoms with van der Waals surface area (Å²) in [5.41, 5.74) is 2.15. The lowest BCUT2D eigenvalue weighted by Gasteiger charge is -2.36. The maximum Gasteiger partial charge on any atom is 0.162 e. The first-order chi connectivity index (χ1) is 12.8. The van der Waals surface area contributed by atoms with Gasteiger partial charge in [-0.05, 0) is 37.1 Å². The van der Waals surface area contributed by atoms with Gasteiger partial charge >= 0.3 is 0 Å². The Morgan fingerprint density at radius 1 is 1.15 bits per heavy atom. The quantitative estimate of drug-likeness (QED) is 0.701. The second-order valence-electron chi connectivity index (χ2n) is 6.84. The molecule has 0 aromatic heterocycles. The number of methoxy groups -OCH3 is 1. The number of carbonyl (C=O) groups excluding carboxylic acids is 1. The van der Waals surface area contributed by atoms with Gasteiger partial charge in [-0.3, -0.25) is 9.69 Å². The van der Waals surface area contributed by atoms with Gasteiger partial charge in [-0.2, -0.15) is 0 Å². The summed E-state index contributed by atoms with van der Waals surface area (Å²) in [4.78, 5) is 14.8. The molecule has 1 unspecified atom stereocenters. The number of ether oxygens (including phenoxy) is 1. The molecule has 1 aliphatic rings. The first-order valence-electron chi connectivity index (χ1n) is 9.42. The highest BCUT2D eigenvalue weighted by molar-refractivity contribution is 5.95. The number of benzene rings is 2. The fraction of sp³-hybridized carbons (Fsp3) is 0.409. The highest BCUT2D eigenvalue weighted by Crippen LogP contribution is 2.16. The Kier molecular flexibility index (Phi) is 8.79. The number of hydrogen-bond donors (Lipinski definition) is 1. The standard InChI is InChI=1S/C22H28N2O2.ClH/c1-26-21-11-9-18(10-12-21)16-20-17-23-13-15-24(20)14-5-8-22(25)19-6-3-2-4-7-19;/h2-4,6-7,9-12,20,23H,5,8,13-17H2,1H3;1H. The second-order valence-corrected chi connectivity index (χ2v) is 6.84. The Bertz CT molecular complexity index is 691. The number of halogens is 1. The van der Waals surface area contributed by atoms with Crippen molar-refractivity contribution >= 4 is 18.2 Å². The summed E-state index contributed by atoms with van der Waals surface area (Å²) >= 11 is 0. The number of nitrogens with zero attached hydrogens (tertiary/aromatic N) is 1. The molecule has 2 aromatic carbocycles. The Hall–Kier alpha value is -1.88. The first kappa shape index (κ1) is 21.4. The topological polar surface area (TPSA) is 41.6 Å². The predicted octanol–water partition coefficient (Wildman–Crippen LogP) is 3.60. The van der Waals surface area contributed by atoms with E-state index in [0.717, 1.165) is 50.3 Å². The number of piperazine rings is 1. The van der Waals surface area contributed by atoms with Crippen molar-refractivity contribution in [1.29, 1.82) is 0 Å². The molecule has 0 radical (unpaired) electrons. The van der Waals surface area contributed by atoms with Crippen LogP contribution in [0.2, 0.25) is 0 Å². The van der Waals surface area contributed by atoms with E-state index >= 15 is 0 Å². The molecule has 1 aliphatic heterocycles. The van der Waals surface area contributed by atoms with Gasteiger partial charge in [-0.25, -0.2) is 0 Å². The fourth-order valence-corrected chi connectivity index (χ4v) is 3.54. The van der Waals surface area contributed by atoms with Gasteiger partial charge in [0.2, 0.25) is 0 Å². The monoisotopic (exact) mass is 388 g/mol. The molecule has 0 spiro atoms. The van der Waals surface area contributed by atoms with Gasteiger partial charge in [-0.1, -0.05) is 42.5 Å². The van der Waals surface area contributed by atoms with Gasteiger partial charge in [0.1, 0.15) is 5.75 Å². The molecule has 1 fully saturated rings. The van der Waals surface area contributed by atoms with Gasteiger partial charge in [0, 0.05) is 37.7 Å². The molecule has 0 saturated carbocycles. The molecular formula is C22H29ClN2O2. The average molecular weight is 389 g/mol. The van der Waals surface area contributed by atoms with E-state index in [-0.39, 0.29) is 18.2 Å². The smallest absolute Gasteiger partial charge is 0.162 e. The van der Waals surface area contributed by atoms with Crippen LogP contribution in [0.5, 0.6) is 5.75 Å². The van der Waals surface area contributed by atoms with E-state index in [4.69, 9.17) is 4.74 Å². The van der Waals surface area contributed by atoms with E-state index in [0.29, 0.717) is 12.5 Å². The zero-order chi connectivity index (χ0) is 18.2. The Balaban J connectivity index is 0.00000261. The van der Waals surface area contributed by atoms with E-state index in [2.05, 4.69) is 22.3 Å². The van der Waals surface area contributed by atoms with Crippen LogP contribution in [-0.2, 0) is 6.42 Å². The lowest BCUT2D eigenvalue weighted by atomic mass is 10.0. The van der Waals surface area contributed by atoms with E-state index in [1.807, 2.05) is 42.5 Å². The third-order valence-corrected chi connectivity index (χ3v) is 5.05. The normalized spacial score (nSPS) is 17.1. The van der Waals surface area contributed by atoms with Crippen LogP contribution in [0.25, 0.3) is 0 Å². The summed E-state index contributed by atoms with van der Waals surface area (Å²) in [5.74, 6) is 1.14. The number of nitrogens with one attached hydrogen (secondary N) is 1. The third-order valence-electron chi connectivity index (χ3n) is 5.05. The molecule has 0 bridgehead atoms. The molecule has 2 aromatic rings. The maximum absolute atomic E-state index is 12.3. The minimum atomic E-state index is 0. The molecule has 0 amide bonds. The second kappa shape index (κ2) is 11.1. The molecule has 146 valence electrons. The summed E-state index contributed by atoms with van der Waals surface area (Å²) in [6, 6.07) is 18.4. The molecule has 1 atom stereocenters. The molecule has 5 heteroatoms. The van der Waals surface area contributed by atoms with Crippen LogP contribution in [0.4, 0.5) is 0 Å². The zero-order valence-corrected chi connectivity index (χ0v) is 16.7. The minimum absolute atomic E-state index is 0. The van der Waals surface area contributed by atoms with Crippen molar-refractivity contribution in [3.05, 3.63) is 65.7 Å². The number of carbonyl (C=O) groups is 1. The molecule has 27 heavy (non-hydrogen) atoms. The molecular weight excluding hydrogens is 360 g/mol. The summed E-state index contributed by atoms with van der Waals surface area (Å²) in [6.45, 7) is 4.03. The lowest BCUT2D eigenvalue weighted by molar-refractivity contribution is 0.0964. The lowest BCUT2D eigenvalue weighted by Crippen LogP contribution is -2.52. The van der Waals surface area contributed by atoms with Crippen molar-refractivity contribution in [2.75, 3.05) is 33.3 Å². The van der Waals surface area contributed by atoms with Gasteiger partial charge in [-0.15, -0.1) is 12.4 Å². The molecule has 4 nitrogen and oxygen atoms in total. The first-order valence-corrected chi connectivity index (χ1v) is 9.42. The van der Waals surface area contributed by atoms with Crippen LogP contribution < -0.4 is 10.1 Å². The fourth-order valence-electron chi connectivity index (χ4n) is 3.54. The van der Waals surface area contributed by atoms with E-state index in [1.165, 1.54) is 5.56 Å². The summed E-state index contributed by atoms with van der Waals surface area (Å²) in [6.07, 6.45) is 2.54. The van der Waals surface area contributed by atoms with Gasteiger partial charge in [0.15, 0.2) is 5.78 Å². The summed E-state index contributed by atoms with van der Waals surface area (Å²) in [5, 5.41) is 3.50. The van der Waals surface area contributed by atoms with Crippen molar-refractivity contribution in [3.63, 3.8) is 0 Å². The van der Waals surface area contributed by atoms with E-state index in [1.54, 1.807) is 7.11 Å². The van der Waals surface area contributed by atoms with E-state index in [9.17, 15) is 4.79 Å². The van der Waals surface area contributed by atoms with Crippen LogP contribution in [0.3, 0.4) is 0 Å². The summed E-state index contributed by atoms with van der Waals surface area (Å²) < 4.78 is 5.24. The predicted molar refractivity (Wildman–Crippen MR) is 112 cm³/mol. The molecule has 1 N–H and O–H groups in total. The molecule has 3 rings (SSSR count). The van der Waals surface area contributed by atoms with Crippen molar-refractivity contribution in [2.45, 2.75) is 25.3 Å². The number of Topliss-reactive ketones (excluding diaryl/α,β-unsaturated/α-hetero) is 1. The number of hydrogen-bond acceptors (Lipinski definition) is 4. The zero-order valence-electron chi connectivity index (χ0n) is 15.9. The van der Waals surface area contributed by atoms with Crippen molar-refractivity contribution in [1.82, 2.24) is 10.2 Å².